The van der Waals surface area contributed by atoms with Crippen LogP contribution in [0.25, 0.3) is 11.3 Å². The zero-order valence-electron chi connectivity index (χ0n) is 22.0. The third kappa shape index (κ3) is 7.99. The molecule has 2 aromatic carbocycles. The van der Waals surface area contributed by atoms with Crippen LogP contribution in [0.1, 0.15) is 61.5 Å². The van der Waals surface area contributed by atoms with E-state index in [0.29, 0.717) is 35.1 Å². The van der Waals surface area contributed by atoms with Crippen molar-refractivity contribution in [2.75, 3.05) is 27.9 Å². The van der Waals surface area contributed by atoms with E-state index in [2.05, 4.69) is 27.6 Å². The third-order valence-corrected chi connectivity index (χ3v) is 5.84. The number of H-pyrrole nitrogens is 1. The van der Waals surface area contributed by atoms with E-state index in [1.54, 1.807) is 32.4 Å². The Bertz CT molecular complexity index is 1160. The fourth-order valence-corrected chi connectivity index (χ4v) is 3.75. The second kappa shape index (κ2) is 14.5. The zero-order chi connectivity index (χ0) is 26.5. The number of nitrogens with zero attached hydrogens (tertiary/aromatic N) is 2. The lowest BCUT2D eigenvalue weighted by atomic mass is 10.1. The normalized spacial score (nSPS) is 10.9. The number of rotatable bonds is 15. The molecule has 0 aliphatic heterocycles. The molecule has 1 aromatic heterocycles. The van der Waals surface area contributed by atoms with Crippen LogP contribution in [0.15, 0.2) is 47.6 Å². The van der Waals surface area contributed by atoms with Gasteiger partial charge in [-0.2, -0.15) is 10.2 Å². The van der Waals surface area contributed by atoms with E-state index in [0.717, 1.165) is 17.7 Å². The van der Waals surface area contributed by atoms with Crippen molar-refractivity contribution in [2.45, 2.75) is 45.4 Å². The van der Waals surface area contributed by atoms with Crippen LogP contribution in [-0.4, -0.2) is 50.3 Å². The molecule has 0 unspecified atom stereocenters. The molecule has 0 fully saturated rings. The fraction of sp³-hybridized carbons (Fsp3) is 0.393. The summed E-state index contributed by atoms with van der Waals surface area (Å²) in [6.45, 7) is 2.94. The average molecular weight is 509 g/mol. The van der Waals surface area contributed by atoms with E-state index in [-0.39, 0.29) is 5.69 Å². The molecule has 198 valence electrons. The molecule has 0 aliphatic rings. The number of ether oxygens (including phenoxy) is 4. The molecule has 0 spiro atoms. The van der Waals surface area contributed by atoms with E-state index >= 15 is 0 Å². The highest BCUT2D eigenvalue weighted by Gasteiger charge is 2.12. The Labute approximate surface area is 218 Å². The Balaban J connectivity index is 1.53. The van der Waals surface area contributed by atoms with Crippen molar-refractivity contribution in [3.63, 3.8) is 0 Å². The molecule has 3 rings (SSSR count). The molecule has 0 atom stereocenters. The van der Waals surface area contributed by atoms with Crippen molar-refractivity contribution in [3.8, 4) is 34.3 Å². The van der Waals surface area contributed by atoms with Crippen molar-refractivity contribution < 1.29 is 23.7 Å². The van der Waals surface area contributed by atoms with Gasteiger partial charge < -0.3 is 18.9 Å². The lowest BCUT2D eigenvalue weighted by Gasteiger charge is -2.11. The van der Waals surface area contributed by atoms with Crippen LogP contribution in [0.4, 0.5) is 0 Å². The molecule has 0 aliphatic carbocycles. The highest BCUT2D eigenvalue weighted by Crippen LogP contribution is 2.33. The quantitative estimate of drug-likeness (QED) is 0.157. The summed E-state index contributed by atoms with van der Waals surface area (Å²) in [7, 11) is 4.63. The van der Waals surface area contributed by atoms with Gasteiger partial charge >= 0.3 is 0 Å². The van der Waals surface area contributed by atoms with Gasteiger partial charge in [-0.25, -0.2) is 5.43 Å². The van der Waals surface area contributed by atoms with Crippen LogP contribution in [0.2, 0.25) is 0 Å². The van der Waals surface area contributed by atoms with Crippen molar-refractivity contribution in [1.82, 2.24) is 15.6 Å². The number of aromatic nitrogens is 2. The average Bonchev–Trinajstić information content (AvgIpc) is 3.43. The molecule has 1 heterocycles. The molecular weight excluding hydrogens is 472 g/mol. The largest absolute Gasteiger partial charge is 0.496 e. The van der Waals surface area contributed by atoms with Gasteiger partial charge in [-0.05, 0) is 42.8 Å². The molecule has 0 saturated heterocycles. The van der Waals surface area contributed by atoms with Crippen molar-refractivity contribution in [2.24, 2.45) is 5.10 Å². The molecule has 0 bridgehead atoms. The van der Waals surface area contributed by atoms with Crippen LogP contribution in [0.3, 0.4) is 0 Å². The molecule has 9 nitrogen and oxygen atoms in total. The van der Waals surface area contributed by atoms with Gasteiger partial charge in [0.2, 0.25) is 0 Å². The first-order chi connectivity index (χ1) is 18.1. The number of unbranched alkanes of at least 4 members (excludes halogenated alkanes) is 5. The first-order valence-corrected chi connectivity index (χ1v) is 12.5. The van der Waals surface area contributed by atoms with E-state index in [1.807, 2.05) is 24.3 Å². The number of hydrogen-bond donors (Lipinski definition) is 2. The summed E-state index contributed by atoms with van der Waals surface area (Å²) >= 11 is 0. The highest BCUT2D eigenvalue weighted by molar-refractivity contribution is 5.94. The summed E-state index contributed by atoms with van der Waals surface area (Å²) < 4.78 is 21.8. The number of methoxy groups -OCH3 is 3. The minimum absolute atomic E-state index is 0.287. The summed E-state index contributed by atoms with van der Waals surface area (Å²) in [6, 6.07) is 12.8. The smallest absolute Gasteiger partial charge is 0.289 e. The molecular formula is C28H36N4O5. The third-order valence-electron chi connectivity index (χ3n) is 5.84. The molecule has 0 saturated carbocycles. The maximum absolute atomic E-state index is 12.5. The number of carbonyl (C=O) groups is 1. The summed E-state index contributed by atoms with van der Waals surface area (Å²) in [5, 5.41) is 11.1. The SMILES string of the molecule is CCCCCCCCOc1ccc(-c2cc(C(=O)N/N=C/c3cc(OC)c(OC)cc3OC)[nH]n2)cc1. The molecule has 3 aromatic rings. The number of nitrogens with one attached hydrogen (secondary N) is 2. The monoisotopic (exact) mass is 508 g/mol. The lowest BCUT2D eigenvalue weighted by Crippen LogP contribution is -2.18. The topological polar surface area (TPSA) is 107 Å². The van der Waals surface area contributed by atoms with Crippen molar-refractivity contribution in [1.29, 1.82) is 0 Å². The molecule has 1 amide bonds. The Morgan fingerprint density at radius 1 is 0.919 bits per heavy atom. The second-order valence-corrected chi connectivity index (χ2v) is 8.46. The van der Waals surface area contributed by atoms with E-state index in [4.69, 9.17) is 18.9 Å². The Hall–Kier alpha value is -4.01. The van der Waals surface area contributed by atoms with Crippen molar-refractivity contribution >= 4 is 12.1 Å². The van der Waals surface area contributed by atoms with Crippen molar-refractivity contribution in [3.05, 3.63) is 53.7 Å². The summed E-state index contributed by atoms with van der Waals surface area (Å²) in [6.07, 6.45) is 8.86. The predicted octanol–water partition coefficient (Wildman–Crippen LogP) is 5.61. The van der Waals surface area contributed by atoms with Gasteiger partial charge in [0.25, 0.3) is 5.91 Å². The Kier molecular flexibility index (Phi) is 10.8. The summed E-state index contributed by atoms with van der Waals surface area (Å²) in [5.41, 5.74) is 4.92. The molecule has 37 heavy (non-hydrogen) atoms. The van der Waals surface area contributed by atoms with Gasteiger partial charge in [-0.15, -0.1) is 0 Å². The molecule has 9 heteroatoms. The first-order valence-electron chi connectivity index (χ1n) is 12.5. The number of amides is 1. The van der Waals surface area contributed by atoms with Crippen LogP contribution in [0, 0.1) is 0 Å². The lowest BCUT2D eigenvalue weighted by molar-refractivity contribution is 0.0950. The Morgan fingerprint density at radius 2 is 1.59 bits per heavy atom. The zero-order valence-corrected chi connectivity index (χ0v) is 22.0. The van der Waals surface area contributed by atoms with E-state index in [9.17, 15) is 4.79 Å². The number of hydrazone groups is 1. The highest BCUT2D eigenvalue weighted by atomic mass is 16.5. The minimum Gasteiger partial charge on any atom is -0.496 e. The number of carbonyl (C=O) groups excluding carboxylic acids is 1. The van der Waals surface area contributed by atoms with E-state index < -0.39 is 5.91 Å². The van der Waals surface area contributed by atoms with Gasteiger partial charge in [0.05, 0.1) is 39.8 Å². The van der Waals surface area contributed by atoms with Crippen LogP contribution < -0.4 is 24.4 Å². The first kappa shape index (κ1) is 27.6. The summed E-state index contributed by atoms with van der Waals surface area (Å²) in [5.74, 6) is 1.98. The fourth-order valence-electron chi connectivity index (χ4n) is 3.75. The second-order valence-electron chi connectivity index (χ2n) is 8.46. The maximum atomic E-state index is 12.5. The van der Waals surface area contributed by atoms with Gasteiger partial charge in [0, 0.05) is 17.2 Å². The predicted molar refractivity (Wildman–Crippen MR) is 144 cm³/mol. The minimum atomic E-state index is -0.423. The number of hydrogen-bond acceptors (Lipinski definition) is 7. The van der Waals surface area contributed by atoms with Gasteiger partial charge in [0.15, 0.2) is 11.5 Å². The maximum Gasteiger partial charge on any atom is 0.289 e. The number of benzene rings is 2. The van der Waals surface area contributed by atoms with Crippen LogP contribution in [0.5, 0.6) is 23.0 Å². The van der Waals surface area contributed by atoms with E-state index in [1.165, 1.54) is 45.4 Å². The van der Waals surface area contributed by atoms with Gasteiger partial charge in [-0.1, -0.05) is 39.0 Å². The van der Waals surface area contributed by atoms with Crippen LogP contribution >= 0.6 is 0 Å². The standard InChI is InChI=1S/C28H36N4O5/c1-5-6-7-8-9-10-15-37-22-13-11-20(12-14-22)23-17-24(31-30-23)28(33)32-29-19-21-16-26(35-3)27(36-4)18-25(21)34-2/h11-14,16-19H,5-10,15H2,1-4H3,(H,30,31)(H,32,33)/b29-19+. The van der Waals surface area contributed by atoms with Gasteiger partial charge in [-0.3, -0.25) is 9.89 Å². The molecule has 2 N–H and O–H groups in total. The molecule has 0 radical (unpaired) electrons. The van der Waals surface area contributed by atoms with Gasteiger partial charge in [0.1, 0.15) is 17.2 Å². The summed E-state index contributed by atoms with van der Waals surface area (Å²) in [4.78, 5) is 12.5. The Morgan fingerprint density at radius 3 is 2.30 bits per heavy atom. The van der Waals surface area contributed by atoms with Crippen LogP contribution in [-0.2, 0) is 0 Å². The number of aromatic amines is 1.